The smallest absolute Gasteiger partial charge is 0.337 e. The van der Waals surface area contributed by atoms with Gasteiger partial charge in [-0.15, -0.1) is 0 Å². The molecule has 0 amide bonds. The molecule has 5 heteroatoms. The molecule has 1 N–H and O–H groups in total. The number of methoxy groups -OCH3 is 2. The van der Waals surface area contributed by atoms with E-state index in [1.165, 1.54) is 6.07 Å². The lowest BCUT2D eigenvalue weighted by Crippen LogP contribution is -2.14. The van der Waals surface area contributed by atoms with Gasteiger partial charge in [0.15, 0.2) is 0 Å². The lowest BCUT2D eigenvalue weighted by Gasteiger charge is -2.22. The van der Waals surface area contributed by atoms with Crippen LogP contribution in [0, 0.1) is 0 Å². The molecule has 2 aromatic carbocycles. The molecule has 0 saturated heterocycles. The lowest BCUT2D eigenvalue weighted by molar-refractivity contribution is 0.0697. The Labute approximate surface area is 123 Å². The number of ether oxygens (including phenoxy) is 2. The molecule has 0 saturated carbocycles. The van der Waals surface area contributed by atoms with Crippen molar-refractivity contribution in [3.05, 3.63) is 48.0 Å². The van der Waals surface area contributed by atoms with E-state index in [1.54, 1.807) is 31.3 Å². The molecule has 5 nitrogen and oxygen atoms in total. The minimum absolute atomic E-state index is 0.217. The number of carboxylic acids is 1. The largest absolute Gasteiger partial charge is 0.497 e. The highest BCUT2D eigenvalue weighted by molar-refractivity contribution is 5.96. The first-order valence-electron chi connectivity index (χ1n) is 6.36. The third-order valence-electron chi connectivity index (χ3n) is 3.26. The summed E-state index contributed by atoms with van der Waals surface area (Å²) in [5, 5.41) is 9.32. The molecule has 0 aromatic heterocycles. The molecule has 0 unspecified atom stereocenters. The maximum atomic E-state index is 11.4. The Hall–Kier alpha value is -2.69. The Morgan fingerprint density at radius 2 is 1.57 bits per heavy atom. The average molecular weight is 287 g/mol. The summed E-state index contributed by atoms with van der Waals surface area (Å²) in [7, 11) is 4.96. The van der Waals surface area contributed by atoms with Crippen molar-refractivity contribution >= 4 is 17.3 Å². The van der Waals surface area contributed by atoms with Crippen LogP contribution in [0.4, 0.5) is 11.4 Å². The molecule has 0 atom stereocenters. The Balaban J connectivity index is 2.44. The van der Waals surface area contributed by atoms with Gasteiger partial charge in [-0.3, -0.25) is 0 Å². The number of benzene rings is 2. The van der Waals surface area contributed by atoms with Crippen LogP contribution < -0.4 is 14.4 Å². The van der Waals surface area contributed by atoms with Crippen LogP contribution in [0.3, 0.4) is 0 Å². The van der Waals surface area contributed by atoms with E-state index in [-0.39, 0.29) is 5.56 Å². The topological polar surface area (TPSA) is 59.0 Å². The number of rotatable bonds is 5. The fourth-order valence-corrected chi connectivity index (χ4v) is 2.04. The molecule has 0 aliphatic carbocycles. The molecule has 0 heterocycles. The van der Waals surface area contributed by atoms with Crippen LogP contribution in [-0.2, 0) is 0 Å². The molecular weight excluding hydrogens is 270 g/mol. The zero-order valence-electron chi connectivity index (χ0n) is 12.2. The lowest BCUT2D eigenvalue weighted by atomic mass is 10.1. The number of anilines is 2. The first kappa shape index (κ1) is 14.7. The summed E-state index contributed by atoms with van der Waals surface area (Å²) in [6, 6.07) is 12.3. The average Bonchev–Trinajstić information content (AvgIpc) is 2.53. The van der Waals surface area contributed by atoms with E-state index in [0.717, 1.165) is 11.4 Å². The van der Waals surface area contributed by atoms with Crippen LogP contribution >= 0.6 is 0 Å². The fourth-order valence-electron chi connectivity index (χ4n) is 2.04. The van der Waals surface area contributed by atoms with Crippen LogP contribution in [0.25, 0.3) is 0 Å². The summed E-state index contributed by atoms with van der Waals surface area (Å²) in [6.07, 6.45) is 0. The van der Waals surface area contributed by atoms with Gasteiger partial charge < -0.3 is 19.5 Å². The molecular formula is C16H17NO4. The van der Waals surface area contributed by atoms with Crippen LogP contribution in [-0.4, -0.2) is 32.3 Å². The minimum Gasteiger partial charge on any atom is -0.497 e. The highest BCUT2D eigenvalue weighted by Gasteiger charge is 2.15. The molecule has 0 radical (unpaired) electrons. The van der Waals surface area contributed by atoms with Gasteiger partial charge in [0.1, 0.15) is 11.5 Å². The van der Waals surface area contributed by atoms with Crippen molar-refractivity contribution in [1.82, 2.24) is 0 Å². The summed E-state index contributed by atoms with van der Waals surface area (Å²) >= 11 is 0. The van der Waals surface area contributed by atoms with Gasteiger partial charge in [-0.2, -0.15) is 0 Å². The van der Waals surface area contributed by atoms with Gasteiger partial charge in [0.2, 0.25) is 0 Å². The van der Waals surface area contributed by atoms with Gasteiger partial charge in [0.25, 0.3) is 0 Å². The van der Waals surface area contributed by atoms with Gasteiger partial charge >= 0.3 is 5.97 Å². The quantitative estimate of drug-likeness (QED) is 0.915. The Morgan fingerprint density at radius 3 is 2.10 bits per heavy atom. The van der Waals surface area contributed by atoms with E-state index in [0.29, 0.717) is 11.4 Å². The maximum absolute atomic E-state index is 11.4. The summed E-state index contributed by atoms with van der Waals surface area (Å²) in [4.78, 5) is 13.2. The normalized spacial score (nSPS) is 10.0. The highest BCUT2D eigenvalue weighted by atomic mass is 16.5. The predicted molar refractivity (Wildman–Crippen MR) is 81.0 cm³/mol. The van der Waals surface area contributed by atoms with E-state index < -0.39 is 5.97 Å². The van der Waals surface area contributed by atoms with Gasteiger partial charge in [0.05, 0.1) is 25.5 Å². The minimum atomic E-state index is -0.979. The van der Waals surface area contributed by atoms with Gasteiger partial charge in [-0.1, -0.05) is 0 Å². The van der Waals surface area contributed by atoms with E-state index in [1.807, 2.05) is 31.3 Å². The van der Waals surface area contributed by atoms with Crippen LogP contribution in [0.5, 0.6) is 11.5 Å². The summed E-state index contributed by atoms with van der Waals surface area (Å²) in [5.74, 6) is 0.375. The first-order chi connectivity index (χ1) is 10.1. The van der Waals surface area contributed by atoms with Crippen molar-refractivity contribution in [2.45, 2.75) is 0 Å². The highest BCUT2D eigenvalue weighted by Crippen LogP contribution is 2.31. The van der Waals surface area contributed by atoms with Crippen molar-refractivity contribution in [2.24, 2.45) is 0 Å². The predicted octanol–water partition coefficient (Wildman–Crippen LogP) is 3.17. The van der Waals surface area contributed by atoms with Gasteiger partial charge in [-0.25, -0.2) is 4.79 Å². The molecule has 2 aromatic rings. The van der Waals surface area contributed by atoms with Gasteiger partial charge in [0, 0.05) is 18.8 Å². The molecule has 0 bridgehead atoms. The third kappa shape index (κ3) is 3.08. The molecule has 0 fully saturated rings. The summed E-state index contributed by atoms with van der Waals surface area (Å²) in [5.41, 5.74) is 1.63. The van der Waals surface area contributed by atoms with Crippen LogP contribution in [0.2, 0.25) is 0 Å². The molecule has 0 aliphatic rings. The summed E-state index contributed by atoms with van der Waals surface area (Å²) in [6.45, 7) is 0. The SMILES string of the molecule is COc1ccc(N(C)c2cc(OC)ccc2C(=O)O)cc1. The number of aromatic carboxylic acids is 1. The zero-order chi connectivity index (χ0) is 15.4. The Morgan fingerprint density at radius 1 is 1.00 bits per heavy atom. The molecule has 2 rings (SSSR count). The van der Waals surface area contributed by atoms with Gasteiger partial charge in [-0.05, 0) is 36.4 Å². The Bertz CT molecular complexity index is 637. The molecule has 21 heavy (non-hydrogen) atoms. The van der Waals surface area contributed by atoms with E-state index >= 15 is 0 Å². The van der Waals surface area contributed by atoms with Crippen LogP contribution in [0.1, 0.15) is 10.4 Å². The molecule has 0 spiro atoms. The Kier molecular flexibility index (Phi) is 4.33. The summed E-state index contributed by atoms with van der Waals surface area (Å²) < 4.78 is 10.3. The van der Waals surface area contributed by atoms with Crippen LogP contribution in [0.15, 0.2) is 42.5 Å². The number of carboxylic acid groups (broad SMARTS) is 1. The van der Waals surface area contributed by atoms with Crippen molar-refractivity contribution < 1.29 is 19.4 Å². The van der Waals surface area contributed by atoms with Crippen molar-refractivity contribution in [1.29, 1.82) is 0 Å². The second kappa shape index (κ2) is 6.17. The zero-order valence-corrected chi connectivity index (χ0v) is 12.2. The van der Waals surface area contributed by atoms with E-state index in [4.69, 9.17) is 9.47 Å². The maximum Gasteiger partial charge on any atom is 0.337 e. The molecule has 110 valence electrons. The van der Waals surface area contributed by atoms with Crippen molar-refractivity contribution in [2.75, 3.05) is 26.2 Å². The van der Waals surface area contributed by atoms with E-state index in [2.05, 4.69) is 0 Å². The third-order valence-corrected chi connectivity index (χ3v) is 3.26. The second-order valence-corrected chi connectivity index (χ2v) is 4.45. The van der Waals surface area contributed by atoms with Crippen molar-refractivity contribution in [3.63, 3.8) is 0 Å². The number of nitrogens with zero attached hydrogens (tertiary/aromatic N) is 1. The molecule has 0 aliphatic heterocycles. The second-order valence-electron chi connectivity index (χ2n) is 4.45. The number of hydrogen-bond acceptors (Lipinski definition) is 4. The van der Waals surface area contributed by atoms with E-state index in [9.17, 15) is 9.90 Å². The monoisotopic (exact) mass is 287 g/mol. The fraction of sp³-hybridized carbons (Fsp3) is 0.188. The first-order valence-corrected chi connectivity index (χ1v) is 6.36. The standard InChI is InChI=1S/C16H17NO4/c1-17(11-4-6-12(20-2)7-5-11)15-10-13(21-3)8-9-14(15)16(18)19/h4-10H,1-3H3,(H,18,19). The van der Waals surface area contributed by atoms with Crippen molar-refractivity contribution in [3.8, 4) is 11.5 Å². The number of hydrogen-bond donors (Lipinski definition) is 1. The number of carbonyl (C=O) groups is 1.